The highest BCUT2D eigenvalue weighted by molar-refractivity contribution is 7.99. The van der Waals surface area contributed by atoms with E-state index >= 15 is 0 Å². The zero-order valence-corrected chi connectivity index (χ0v) is 16.2. The summed E-state index contributed by atoms with van der Waals surface area (Å²) in [6.07, 6.45) is 0. The Balaban J connectivity index is 1.51. The lowest BCUT2D eigenvalue weighted by atomic mass is 10.2. The number of amides is 2. The number of methoxy groups -OCH3 is 1. The van der Waals surface area contributed by atoms with Crippen LogP contribution in [0.5, 0.6) is 5.75 Å². The maximum atomic E-state index is 12.1. The third-order valence-corrected chi connectivity index (χ3v) is 5.45. The van der Waals surface area contributed by atoms with Crippen LogP contribution in [0.15, 0.2) is 42.5 Å². The van der Waals surface area contributed by atoms with Crippen LogP contribution in [0, 0.1) is 0 Å². The Bertz CT molecular complexity index is 749. The Labute approximate surface area is 163 Å². The van der Waals surface area contributed by atoms with E-state index in [1.807, 2.05) is 11.8 Å². The molecule has 26 heavy (non-hydrogen) atoms. The maximum absolute atomic E-state index is 12.1. The number of ether oxygens (including phenoxy) is 1. The van der Waals surface area contributed by atoms with Gasteiger partial charge in [-0.05, 0) is 29.8 Å². The third kappa shape index (κ3) is 4.99. The molecule has 1 aliphatic rings. The van der Waals surface area contributed by atoms with E-state index in [4.69, 9.17) is 16.3 Å². The first-order valence-corrected chi connectivity index (χ1v) is 9.99. The van der Waals surface area contributed by atoms with Crippen LogP contribution in [-0.4, -0.2) is 37.7 Å². The van der Waals surface area contributed by atoms with E-state index in [0.717, 1.165) is 18.7 Å². The van der Waals surface area contributed by atoms with E-state index in [-0.39, 0.29) is 6.03 Å². The number of anilines is 2. The molecule has 0 saturated carbocycles. The van der Waals surface area contributed by atoms with Crippen molar-refractivity contribution in [3.63, 3.8) is 0 Å². The predicted molar refractivity (Wildman–Crippen MR) is 110 cm³/mol. The summed E-state index contributed by atoms with van der Waals surface area (Å²) in [4.78, 5) is 14.5. The molecule has 1 saturated heterocycles. The van der Waals surface area contributed by atoms with Gasteiger partial charge in [0.15, 0.2) is 0 Å². The summed E-state index contributed by atoms with van der Waals surface area (Å²) < 4.78 is 5.10. The van der Waals surface area contributed by atoms with E-state index < -0.39 is 0 Å². The van der Waals surface area contributed by atoms with Crippen LogP contribution in [0.1, 0.15) is 5.56 Å². The number of nitrogens with zero attached hydrogens (tertiary/aromatic N) is 1. The number of thioether (sulfide) groups is 1. The van der Waals surface area contributed by atoms with Crippen molar-refractivity contribution in [2.24, 2.45) is 0 Å². The fourth-order valence-electron chi connectivity index (χ4n) is 2.72. The molecule has 0 unspecified atom stereocenters. The molecule has 0 aromatic heterocycles. The number of urea groups is 1. The Kier molecular flexibility index (Phi) is 6.52. The molecular weight excluding hydrogens is 370 g/mol. The van der Waals surface area contributed by atoms with Gasteiger partial charge in [0.2, 0.25) is 0 Å². The summed E-state index contributed by atoms with van der Waals surface area (Å²) >= 11 is 8.13. The summed E-state index contributed by atoms with van der Waals surface area (Å²) in [6.45, 7) is 2.64. The summed E-state index contributed by atoms with van der Waals surface area (Å²) in [7, 11) is 1.57. The topological polar surface area (TPSA) is 53.6 Å². The molecule has 138 valence electrons. The van der Waals surface area contributed by atoms with Crippen LogP contribution in [0.2, 0.25) is 5.02 Å². The summed E-state index contributed by atoms with van der Waals surface area (Å²) in [5, 5.41) is 6.03. The molecule has 1 fully saturated rings. The lowest BCUT2D eigenvalue weighted by Gasteiger charge is -2.28. The van der Waals surface area contributed by atoms with Crippen LogP contribution in [0.25, 0.3) is 0 Å². The summed E-state index contributed by atoms with van der Waals surface area (Å²) in [5.74, 6) is 3.00. The number of hydrogen-bond donors (Lipinski definition) is 2. The Hall–Kier alpha value is -2.05. The minimum atomic E-state index is -0.297. The highest BCUT2D eigenvalue weighted by atomic mass is 35.5. The number of carbonyl (C=O) groups is 1. The number of benzene rings is 2. The van der Waals surface area contributed by atoms with Gasteiger partial charge in [0, 0.05) is 42.9 Å². The zero-order valence-electron chi connectivity index (χ0n) is 14.6. The molecule has 7 heteroatoms. The zero-order chi connectivity index (χ0) is 18.4. The number of halogens is 1. The fourth-order valence-corrected chi connectivity index (χ4v) is 3.84. The van der Waals surface area contributed by atoms with Crippen molar-refractivity contribution in [2.75, 3.05) is 41.9 Å². The van der Waals surface area contributed by atoms with Crippen molar-refractivity contribution in [3.05, 3.63) is 53.1 Å². The molecule has 1 aliphatic heterocycles. The molecule has 2 aromatic rings. The third-order valence-electron chi connectivity index (χ3n) is 4.19. The van der Waals surface area contributed by atoms with Crippen molar-refractivity contribution in [1.82, 2.24) is 5.32 Å². The Morgan fingerprint density at radius 1 is 1.19 bits per heavy atom. The molecule has 2 aromatic carbocycles. The molecule has 5 nitrogen and oxygen atoms in total. The van der Waals surface area contributed by atoms with E-state index in [9.17, 15) is 4.79 Å². The first-order chi connectivity index (χ1) is 12.7. The van der Waals surface area contributed by atoms with Gasteiger partial charge in [-0.2, -0.15) is 11.8 Å². The van der Waals surface area contributed by atoms with Gasteiger partial charge in [0.05, 0.1) is 17.8 Å². The van der Waals surface area contributed by atoms with Gasteiger partial charge >= 0.3 is 6.03 Å². The molecule has 0 spiro atoms. The van der Waals surface area contributed by atoms with E-state index in [1.165, 1.54) is 17.2 Å². The Morgan fingerprint density at radius 2 is 1.92 bits per heavy atom. The second-order valence-corrected chi connectivity index (χ2v) is 7.55. The van der Waals surface area contributed by atoms with Crippen molar-refractivity contribution < 1.29 is 9.53 Å². The van der Waals surface area contributed by atoms with E-state index in [1.54, 1.807) is 25.3 Å². The standard InChI is InChI=1S/C19H22ClN3O2S/c1-25-16-6-7-18(17(20)12-16)22-19(24)21-13-14-2-4-15(5-3-14)23-8-10-26-11-9-23/h2-7,12H,8-11,13H2,1H3,(H2,21,22,24). The van der Waals surface area contributed by atoms with Gasteiger partial charge in [-0.25, -0.2) is 4.79 Å². The second kappa shape index (κ2) is 9.05. The molecule has 0 atom stereocenters. The number of carbonyl (C=O) groups excluding carboxylic acids is 1. The second-order valence-electron chi connectivity index (χ2n) is 5.92. The molecule has 0 bridgehead atoms. The van der Waals surface area contributed by atoms with Gasteiger partial charge in [0.25, 0.3) is 0 Å². The van der Waals surface area contributed by atoms with E-state index in [2.05, 4.69) is 39.8 Å². The molecule has 2 amide bonds. The smallest absolute Gasteiger partial charge is 0.319 e. The highest BCUT2D eigenvalue weighted by Crippen LogP contribution is 2.26. The normalized spacial score (nSPS) is 14.0. The maximum Gasteiger partial charge on any atom is 0.319 e. The molecule has 0 aliphatic carbocycles. The molecule has 0 radical (unpaired) electrons. The van der Waals surface area contributed by atoms with Crippen LogP contribution >= 0.6 is 23.4 Å². The summed E-state index contributed by atoms with van der Waals surface area (Å²) in [6, 6.07) is 13.2. The number of rotatable bonds is 5. The highest BCUT2D eigenvalue weighted by Gasteiger charge is 2.11. The predicted octanol–water partition coefficient (Wildman–Crippen LogP) is 4.22. The van der Waals surface area contributed by atoms with Crippen molar-refractivity contribution in [3.8, 4) is 5.75 Å². The largest absolute Gasteiger partial charge is 0.497 e. The first kappa shape index (κ1) is 18.7. The molecular formula is C19H22ClN3O2S. The molecule has 1 heterocycles. The Morgan fingerprint density at radius 3 is 2.58 bits per heavy atom. The molecule has 2 N–H and O–H groups in total. The van der Waals surface area contributed by atoms with Crippen LogP contribution < -0.4 is 20.3 Å². The van der Waals surface area contributed by atoms with Crippen LogP contribution in [-0.2, 0) is 6.54 Å². The minimum Gasteiger partial charge on any atom is -0.497 e. The summed E-state index contributed by atoms with van der Waals surface area (Å²) in [5.41, 5.74) is 2.84. The number of hydrogen-bond acceptors (Lipinski definition) is 4. The van der Waals surface area contributed by atoms with Crippen molar-refractivity contribution >= 4 is 40.8 Å². The quantitative estimate of drug-likeness (QED) is 0.801. The number of nitrogens with one attached hydrogen (secondary N) is 2. The van der Waals surface area contributed by atoms with Gasteiger partial charge in [-0.1, -0.05) is 23.7 Å². The van der Waals surface area contributed by atoms with Crippen molar-refractivity contribution in [1.29, 1.82) is 0 Å². The van der Waals surface area contributed by atoms with Crippen molar-refractivity contribution in [2.45, 2.75) is 6.54 Å². The van der Waals surface area contributed by atoms with Gasteiger partial charge < -0.3 is 20.3 Å². The average molecular weight is 392 g/mol. The van der Waals surface area contributed by atoms with E-state index in [0.29, 0.717) is 23.0 Å². The monoisotopic (exact) mass is 391 g/mol. The van der Waals surface area contributed by atoms with Gasteiger partial charge in [0.1, 0.15) is 5.75 Å². The fraction of sp³-hybridized carbons (Fsp3) is 0.316. The minimum absolute atomic E-state index is 0.297. The first-order valence-electron chi connectivity index (χ1n) is 8.46. The average Bonchev–Trinajstić information content (AvgIpc) is 2.69. The van der Waals surface area contributed by atoms with Gasteiger partial charge in [-0.15, -0.1) is 0 Å². The SMILES string of the molecule is COc1ccc(NC(=O)NCc2ccc(N3CCSCC3)cc2)c(Cl)c1. The van der Waals surface area contributed by atoms with Crippen LogP contribution in [0.4, 0.5) is 16.2 Å². The lowest BCUT2D eigenvalue weighted by Crippen LogP contribution is -2.32. The van der Waals surface area contributed by atoms with Gasteiger partial charge in [-0.3, -0.25) is 0 Å². The van der Waals surface area contributed by atoms with Crippen LogP contribution in [0.3, 0.4) is 0 Å². The molecule has 3 rings (SSSR count). The lowest BCUT2D eigenvalue weighted by molar-refractivity contribution is 0.251.